The van der Waals surface area contributed by atoms with Gasteiger partial charge in [-0.15, -0.1) is 0 Å². The van der Waals surface area contributed by atoms with Gasteiger partial charge in [-0.05, 0) is 64.0 Å². The molecule has 0 saturated carbocycles. The highest BCUT2D eigenvalue weighted by molar-refractivity contribution is 6.14. The molecular weight excluding hydrogens is 438 g/mol. The van der Waals surface area contributed by atoms with Gasteiger partial charge in [-0.3, -0.25) is 4.57 Å². The molecule has 0 spiro atoms. The van der Waals surface area contributed by atoms with Gasteiger partial charge in [0.25, 0.3) is 0 Å². The highest BCUT2D eigenvalue weighted by atomic mass is 15.2. The SMILES string of the molecule is c1ccc(N2c3ccccc3-n3c(-c4cc5ccccc5c5ccccc45)nc4cccc2c43)cc1. The van der Waals surface area contributed by atoms with Crippen LogP contribution in [0.15, 0.2) is 127 Å². The van der Waals surface area contributed by atoms with Crippen molar-refractivity contribution in [2.45, 2.75) is 0 Å². The van der Waals surface area contributed by atoms with Gasteiger partial charge in [0, 0.05) is 11.3 Å². The number of hydrogen-bond acceptors (Lipinski definition) is 2. The van der Waals surface area contributed by atoms with Crippen molar-refractivity contribution in [1.29, 1.82) is 0 Å². The molecule has 7 aromatic rings. The van der Waals surface area contributed by atoms with Crippen LogP contribution in [0.5, 0.6) is 0 Å². The van der Waals surface area contributed by atoms with Crippen molar-refractivity contribution in [3.8, 4) is 17.1 Å². The zero-order valence-electron chi connectivity index (χ0n) is 19.5. The third kappa shape index (κ3) is 2.60. The standard InChI is InChI=1S/C33H21N3/c1-2-12-23(13-3-1)35-29-18-8-9-19-30(29)36-32-28(17-10-20-31(32)35)34-33(36)27-21-22-11-4-5-14-24(22)25-15-6-7-16-26(25)27/h1-21H. The molecule has 1 aliphatic rings. The van der Waals surface area contributed by atoms with E-state index in [1.165, 1.54) is 21.5 Å². The molecule has 0 saturated heterocycles. The van der Waals surface area contributed by atoms with E-state index in [1.54, 1.807) is 0 Å². The van der Waals surface area contributed by atoms with Crippen LogP contribution in [0.2, 0.25) is 0 Å². The molecule has 3 heteroatoms. The summed E-state index contributed by atoms with van der Waals surface area (Å²) in [6.07, 6.45) is 0. The maximum absolute atomic E-state index is 5.27. The van der Waals surface area contributed by atoms with Crippen LogP contribution in [0.4, 0.5) is 17.1 Å². The number of rotatable bonds is 2. The van der Waals surface area contributed by atoms with E-state index in [1.807, 2.05) is 0 Å². The van der Waals surface area contributed by atoms with Crippen LogP contribution in [0.25, 0.3) is 49.7 Å². The predicted molar refractivity (Wildman–Crippen MR) is 150 cm³/mol. The van der Waals surface area contributed by atoms with Crippen molar-refractivity contribution in [2.75, 3.05) is 4.90 Å². The fraction of sp³-hybridized carbons (Fsp3) is 0. The van der Waals surface area contributed by atoms with Gasteiger partial charge in [0.15, 0.2) is 0 Å². The lowest BCUT2D eigenvalue weighted by molar-refractivity contribution is 1.07. The largest absolute Gasteiger partial charge is 0.306 e. The third-order valence-corrected chi connectivity index (χ3v) is 7.28. The molecule has 0 fully saturated rings. The molecular formula is C33H21N3. The maximum atomic E-state index is 5.27. The Morgan fingerprint density at radius 1 is 0.500 bits per heavy atom. The molecule has 1 aliphatic heterocycles. The Labute approximate surface area is 208 Å². The molecule has 0 amide bonds. The van der Waals surface area contributed by atoms with Gasteiger partial charge in [-0.1, -0.05) is 84.9 Å². The molecule has 0 bridgehead atoms. The number of nitrogens with zero attached hydrogens (tertiary/aromatic N) is 3. The van der Waals surface area contributed by atoms with Crippen LogP contribution in [0.1, 0.15) is 0 Å². The molecule has 6 aromatic carbocycles. The van der Waals surface area contributed by atoms with Crippen LogP contribution in [0.3, 0.4) is 0 Å². The van der Waals surface area contributed by atoms with Crippen LogP contribution in [-0.4, -0.2) is 9.55 Å². The van der Waals surface area contributed by atoms with Crippen molar-refractivity contribution in [1.82, 2.24) is 9.55 Å². The molecule has 0 unspecified atom stereocenters. The Balaban J connectivity index is 1.52. The van der Waals surface area contributed by atoms with E-state index in [4.69, 9.17) is 4.98 Å². The van der Waals surface area contributed by atoms with Gasteiger partial charge >= 0.3 is 0 Å². The maximum Gasteiger partial charge on any atom is 0.146 e. The number of aromatic nitrogens is 2. The first-order valence-corrected chi connectivity index (χ1v) is 12.3. The van der Waals surface area contributed by atoms with E-state index in [-0.39, 0.29) is 0 Å². The first kappa shape index (κ1) is 19.4. The van der Waals surface area contributed by atoms with Crippen LogP contribution >= 0.6 is 0 Å². The number of anilines is 3. The topological polar surface area (TPSA) is 21.1 Å². The minimum absolute atomic E-state index is 0.972. The molecule has 3 nitrogen and oxygen atoms in total. The summed E-state index contributed by atoms with van der Waals surface area (Å²) in [7, 11) is 0. The second-order valence-corrected chi connectivity index (χ2v) is 9.27. The van der Waals surface area contributed by atoms with Gasteiger partial charge in [-0.25, -0.2) is 4.98 Å². The number of fused-ring (bicyclic) bond motifs is 5. The van der Waals surface area contributed by atoms with Crippen molar-refractivity contribution in [3.05, 3.63) is 127 Å². The number of imidazole rings is 1. The average molecular weight is 460 g/mol. The van der Waals surface area contributed by atoms with Crippen LogP contribution < -0.4 is 4.90 Å². The van der Waals surface area contributed by atoms with Gasteiger partial charge < -0.3 is 4.90 Å². The zero-order chi connectivity index (χ0) is 23.6. The normalized spacial score (nSPS) is 12.4. The fourth-order valence-corrected chi connectivity index (χ4v) is 5.77. The Kier molecular flexibility index (Phi) is 3.94. The number of benzene rings is 6. The molecule has 2 heterocycles. The molecule has 168 valence electrons. The molecule has 0 aliphatic carbocycles. The van der Waals surface area contributed by atoms with Crippen molar-refractivity contribution >= 4 is 49.6 Å². The first-order valence-electron chi connectivity index (χ1n) is 12.3. The van der Waals surface area contributed by atoms with E-state index in [0.29, 0.717) is 0 Å². The number of hydrogen-bond donors (Lipinski definition) is 0. The monoisotopic (exact) mass is 459 g/mol. The quantitative estimate of drug-likeness (QED) is 0.241. The van der Waals surface area contributed by atoms with Crippen molar-refractivity contribution < 1.29 is 0 Å². The van der Waals surface area contributed by atoms with Crippen LogP contribution in [-0.2, 0) is 0 Å². The van der Waals surface area contributed by atoms with E-state index in [9.17, 15) is 0 Å². The fourth-order valence-electron chi connectivity index (χ4n) is 5.77. The summed E-state index contributed by atoms with van der Waals surface area (Å²) in [6.45, 7) is 0. The molecule has 0 radical (unpaired) electrons. The van der Waals surface area contributed by atoms with Gasteiger partial charge in [0.2, 0.25) is 0 Å². The molecule has 36 heavy (non-hydrogen) atoms. The second kappa shape index (κ2) is 7.30. The summed E-state index contributed by atoms with van der Waals surface area (Å²) < 4.78 is 2.36. The molecule has 8 rings (SSSR count). The van der Waals surface area contributed by atoms with Gasteiger partial charge in [0.05, 0.1) is 28.1 Å². The van der Waals surface area contributed by atoms with E-state index in [2.05, 4.69) is 137 Å². The Morgan fingerprint density at radius 2 is 1.17 bits per heavy atom. The molecule has 1 aromatic heterocycles. The summed E-state index contributed by atoms with van der Waals surface area (Å²) >= 11 is 0. The zero-order valence-corrected chi connectivity index (χ0v) is 19.5. The van der Waals surface area contributed by atoms with E-state index >= 15 is 0 Å². The summed E-state index contributed by atoms with van der Waals surface area (Å²) in [6, 6.07) is 45.3. The molecule has 0 N–H and O–H groups in total. The summed E-state index contributed by atoms with van der Waals surface area (Å²) in [4.78, 5) is 7.62. The molecule has 0 atom stereocenters. The average Bonchev–Trinajstić information content (AvgIpc) is 3.34. The smallest absolute Gasteiger partial charge is 0.146 e. The van der Waals surface area contributed by atoms with Crippen molar-refractivity contribution in [3.63, 3.8) is 0 Å². The Bertz CT molecular complexity index is 1950. The lowest BCUT2D eigenvalue weighted by atomic mass is 9.96. The van der Waals surface area contributed by atoms with Gasteiger partial charge in [-0.2, -0.15) is 0 Å². The first-order chi connectivity index (χ1) is 17.9. The lowest BCUT2D eigenvalue weighted by Crippen LogP contribution is -2.18. The number of para-hydroxylation sites is 4. The lowest BCUT2D eigenvalue weighted by Gasteiger charge is -2.33. The second-order valence-electron chi connectivity index (χ2n) is 9.27. The minimum atomic E-state index is 0.972. The van der Waals surface area contributed by atoms with E-state index in [0.717, 1.165) is 45.2 Å². The Hall–Kier alpha value is -4.89. The highest BCUT2D eigenvalue weighted by Crippen LogP contribution is 2.48. The summed E-state index contributed by atoms with van der Waals surface area (Å²) in [5.41, 5.74) is 7.84. The van der Waals surface area contributed by atoms with Crippen LogP contribution in [0, 0.1) is 0 Å². The predicted octanol–water partition coefficient (Wildman–Crippen LogP) is 8.78. The van der Waals surface area contributed by atoms with Gasteiger partial charge in [0.1, 0.15) is 5.82 Å². The summed E-state index contributed by atoms with van der Waals surface area (Å²) in [5, 5.41) is 4.96. The third-order valence-electron chi connectivity index (χ3n) is 7.28. The summed E-state index contributed by atoms with van der Waals surface area (Å²) in [5.74, 6) is 0.972. The van der Waals surface area contributed by atoms with Crippen molar-refractivity contribution in [2.24, 2.45) is 0 Å². The minimum Gasteiger partial charge on any atom is -0.306 e. The highest BCUT2D eigenvalue weighted by Gasteiger charge is 2.29. The Morgan fingerprint density at radius 3 is 2.03 bits per heavy atom. The van der Waals surface area contributed by atoms with E-state index < -0.39 is 0 Å².